The van der Waals surface area contributed by atoms with Gasteiger partial charge in [-0.25, -0.2) is 0 Å². The Balaban J connectivity index is 1.13. The number of benzene rings is 1. The van der Waals surface area contributed by atoms with E-state index in [0.29, 0.717) is 31.6 Å². The second-order valence-corrected chi connectivity index (χ2v) is 8.62. The molecule has 4 heterocycles. The van der Waals surface area contributed by atoms with Gasteiger partial charge in [0, 0.05) is 68.8 Å². The summed E-state index contributed by atoms with van der Waals surface area (Å²) in [4.78, 5) is 36.2. The highest BCUT2D eigenvalue weighted by atomic mass is 16.2. The molecule has 2 aromatic heterocycles. The summed E-state index contributed by atoms with van der Waals surface area (Å²) in [5.41, 5.74) is 3.32. The molecule has 5 rings (SSSR count). The maximum Gasteiger partial charge on any atom is 0.271 e. The molecule has 8 nitrogen and oxygen atoms in total. The number of pyridine rings is 1. The molecule has 0 radical (unpaired) electrons. The number of aromatic nitrogens is 3. The van der Waals surface area contributed by atoms with Crippen LogP contribution in [0.4, 0.5) is 5.69 Å². The summed E-state index contributed by atoms with van der Waals surface area (Å²) in [6.45, 7) is 4.38. The lowest BCUT2D eigenvalue weighted by molar-refractivity contribution is -0.137. The fourth-order valence-electron chi connectivity index (χ4n) is 4.68. The van der Waals surface area contributed by atoms with Crippen molar-refractivity contribution in [1.82, 2.24) is 25.0 Å². The van der Waals surface area contributed by atoms with Crippen molar-refractivity contribution < 1.29 is 9.59 Å². The van der Waals surface area contributed by atoms with E-state index in [0.717, 1.165) is 37.4 Å². The van der Waals surface area contributed by atoms with Crippen molar-refractivity contribution in [3.8, 4) is 11.3 Å². The van der Waals surface area contributed by atoms with Crippen molar-refractivity contribution in [2.45, 2.75) is 12.8 Å². The minimum atomic E-state index is -0.0646. The Bertz CT molecular complexity index is 1080. The number of anilines is 1. The molecule has 3 aromatic rings. The number of nitrogens with one attached hydrogen (secondary N) is 1. The number of amides is 2. The molecule has 1 aromatic carbocycles. The standard InChI is InChI=1S/C25H28N6O2/c32-24(31-16-14-29(15-17-31)21-4-2-1-3-5-21)20-8-12-30(13-9-20)25(33)23-18-22(27-28-23)19-6-10-26-11-7-19/h1-7,10-11,18,20H,8-9,12-17H2,(H,27,28). The number of hydrogen-bond donors (Lipinski definition) is 1. The Kier molecular flexibility index (Phi) is 6.06. The second kappa shape index (κ2) is 9.44. The molecule has 2 saturated heterocycles. The van der Waals surface area contributed by atoms with Crippen LogP contribution in [0.25, 0.3) is 11.3 Å². The summed E-state index contributed by atoms with van der Waals surface area (Å²) in [5, 5.41) is 7.13. The van der Waals surface area contributed by atoms with Crippen molar-refractivity contribution >= 4 is 17.5 Å². The van der Waals surface area contributed by atoms with Crippen LogP contribution in [0.5, 0.6) is 0 Å². The highest BCUT2D eigenvalue weighted by Crippen LogP contribution is 2.24. The lowest BCUT2D eigenvalue weighted by atomic mass is 9.94. The third-order valence-corrected chi connectivity index (χ3v) is 6.63. The van der Waals surface area contributed by atoms with E-state index in [-0.39, 0.29) is 17.7 Å². The lowest BCUT2D eigenvalue weighted by Crippen LogP contribution is -2.52. The minimum absolute atomic E-state index is 0.00790. The molecule has 0 bridgehead atoms. The Morgan fingerprint density at radius 2 is 1.55 bits per heavy atom. The Morgan fingerprint density at radius 3 is 2.24 bits per heavy atom. The number of hydrogen-bond acceptors (Lipinski definition) is 5. The molecule has 0 aliphatic carbocycles. The van der Waals surface area contributed by atoms with Crippen molar-refractivity contribution in [1.29, 1.82) is 0 Å². The van der Waals surface area contributed by atoms with Crippen LogP contribution < -0.4 is 4.90 Å². The largest absolute Gasteiger partial charge is 0.368 e. The van der Waals surface area contributed by atoms with Gasteiger partial charge in [0.1, 0.15) is 5.69 Å². The van der Waals surface area contributed by atoms with Gasteiger partial charge in [0.05, 0.1) is 5.69 Å². The third kappa shape index (κ3) is 4.60. The fraction of sp³-hybridized carbons (Fsp3) is 0.360. The van der Waals surface area contributed by atoms with Gasteiger partial charge in [0.2, 0.25) is 5.91 Å². The summed E-state index contributed by atoms with van der Waals surface area (Å²) in [6, 6.07) is 15.8. The molecule has 170 valence electrons. The van der Waals surface area contributed by atoms with E-state index in [1.165, 1.54) is 5.69 Å². The molecule has 8 heteroatoms. The summed E-state index contributed by atoms with van der Waals surface area (Å²) >= 11 is 0. The lowest BCUT2D eigenvalue weighted by Gasteiger charge is -2.39. The number of aromatic amines is 1. The molecule has 2 aliphatic rings. The van der Waals surface area contributed by atoms with Crippen LogP contribution in [0.15, 0.2) is 60.9 Å². The molecule has 0 atom stereocenters. The first-order valence-corrected chi connectivity index (χ1v) is 11.5. The molecule has 33 heavy (non-hydrogen) atoms. The molecular weight excluding hydrogens is 416 g/mol. The van der Waals surface area contributed by atoms with E-state index in [9.17, 15) is 9.59 Å². The van der Waals surface area contributed by atoms with Gasteiger partial charge in [-0.15, -0.1) is 0 Å². The van der Waals surface area contributed by atoms with Crippen LogP contribution in [0.2, 0.25) is 0 Å². The highest BCUT2D eigenvalue weighted by Gasteiger charge is 2.32. The number of H-pyrrole nitrogens is 1. The first kappa shape index (κ1) is 21.2. The Hall–Kier alpha value is -3.68. The quantitative estimate of drug-likeness (QED) is 0.669. The van der Waals surface area contributed by atoms with Gasteiger partial charge in [-0.3, -0.25) is 19.7 Å². The topological polar surface area (TPSA) is 85.4 Å². The van der Waals surface area contributed by atoms with E-state index < -0.39 is 0 Å². The maximum atomic E-state index is 13.1. The summed E-state index contributed by atoms with van der Waals surface area (Å²) in [6.07, 6.45) is 4.81. The average Bonchev–Trinajstić information content (AvgIpc) is 3.40. The summed E-state index contributed by atoms with van der Waals surface area (Å²) in [7, 11) is 0. The number of piperidine rings is 1. The first-order chi connectivity index (χ1) is 16.2. The highest BCUT2D eigenvalue weighted by molar-refractivity contribution is 5.93. The average molecular weight is 445 g/mol. The number of piperazine rings is 1. The second-order valence-electron chi connectivity index (χ2n) is 8.62. The van der Waals surface area contributed by atoms with E-state index in [1.807, 2.05) is 40.1 Å². The number of rotatable bonds is 4. The van der Waals surface area contributed by atoms with Crippen molar-refractivity contribution in [3.05, 3.63) is 66.6 Å². The Labute approximate surface area is 193 Å². The molecule has 2 fully saturated rings. The molecule has 2 aliphatic heterocycles. The zero-order valence-corrected chi connectivity index (χ0v) is 18.6. The third-order valence-electron chi connectivity index (χ3n) is 6.63. The maximum absolute atomic E-state index is 13.1. The van der Waals surface area contributed by atoms with Crippen molar-refractivity contribution in [2.24, 2.45) is 5.92 Å². The molecule has 0 spiro atoms. The van der Waals surface area contributed by atoms with Crippen LogP contribution in [0.1, 0.15) is 23.3 Å². The molecular formula is C25H28N6O2. The Morgan fingerprint density at radius 1 is 0.848 bits per heavy atom. The van der Waals surface area contributed by atoms with Crippen molar-refractivity contribution in [2.75, 3.05) is 44.2 Å². The SMILES string of the molecule is O=C(c1cc(-c2ccncc2)n[nH]1)N1CCC(C(=O)N2CCN(c3ccccc3)CC2)CC1. The monoisotopic (exact) mass is 444 g/mol. The van der Waals surface area contributed by atoms with E-state index in [1.54, 1.807) is 18.5 Å². The van der Waals surface area contributed by atoms with Gasteiger partial charge in [0.15, 0.2) is 0 Å². The van der Waals surface area contributed by atoms with Crippen LogP contribution in [-0.4, -0.2) is 76.1 Å². The normalized spacial score (nSPS) is 17.3. The van der Waals surface area contributed by atoms with Gasteiger partial charge in [-0.05, 0) is 43.2 Å². The van der Waals surface area contributed by atoms with Gasteiger partial charge < -0.3 is 14.7 Å². The van der Waals surface area contributed by atoms with Crippen LogP contribution in [-0.2, 0) is 4.79 Å². The van der Waals surface area contributed by atoms with Crippen LogP contribution in [0.3, 0.4) is 0 Å². The number of carbonyl (C=O) groups excluding carboxylic acids is 2. The summed E-state index contributed by atoms with van der Waals surface area (Å²) < 4.78 is 0. The van der Waals surface area contributed by atoms with E-state index in [4.69, 9.17) is 0 Å². The smallest absolute Gasteiger partial charge is 0.271 e. The van der Waals surface area contributed by atoms with Crippen LogP contribution >= 0.6 is 0 Å². The number of likely N-dealkylation sites (tertiary alicyclic amines) is 1. The van der Waals surface area contributed by atoms with Crippen molar-refractivity contribution in [3.63, 3.8) is 0 Å². The molecule has 0 saturated carbocycles. The predicted octanol–water partition coefficient (Wildman–Crippen LogP) is 2.67. The van der Waals surface area contributed by atoms with Gasteiger partial charge >= 0.3 is 0 Å². The zero-order chi connectivity index (χ0) is 22.6. The molecule has 2 amide bonds. The van der Waals surface area contributed by atoms with Gasteiger partial charge in [0.25, 0.3) is 5.91 Å². The first-order valence-electron chi connectivity index (χ1n) is 11.5. The van der Waals surface area contributed by atoms with E-state index in [2.05, 4.69) is 32.2 Å². The van der Waals surface area contributed by atoms with Crippen LogP contribution in [0, 0.1) is 5.92 Å². The predicted molar refractivity (Wildman–Crippen MR) is 126 cm³/mol. The molecule has 0 unspecified atom stereocenters. The summed E-state index contributed by atoms with van der Waals surface area (Å²) in [5.74, 6) is 0.160. The fourth-order valence-corrected chi connectivity index (χ4v) is 4.68. The minimum Gasteiger partial charge on any atom is -0.368 e. The van der Waals surface area contributed by atoms with Gasteiger partial charge in [-0.2, -0.15) is 5.10 Å². The number of para-hydroxylation sites is 1. The van der Waals surface area contributed by atoms with E-state index >= 15 is 0 Å². The van der Waals surface area contributed by atoms with Gasteiger partial charge in [-0.1, -0.05) is 18.2 Å². The number of nitrogens with zero attached hydrogens (tertiary/aromatic N) is 5. The zero-order valence-electron chi connectivity index (χ0n) is 18.6. The molecule has 1 N–H and O–H groups in total. The number of carbonyl (C=O) groups is 2.